The Bertz CT molecular complexity index is 1360. The number of unbranched alkanes of at least 4 members (excludes halogenated alkanes) is 1. The predicted molar refractivity (Wildman–Crippen MR) is 144 cm³/mol. The van der Waals surface area contributed by atoms with Crippen LogP contribution in [0.15, 0.2) is 71.7 Å². The Hall–Kier alpha value is -3.06. The molecule has 2 aliphatic heterocycles. The molecule has 1 amide bonds. The van der Waals surface area contributed by atoms with Gasteiger partial charge in [-0.2, -0.15) is 0 Å². The fraction of sp³-hybridized carbons (Fsp3) is 0.286. The van der Waals surface area contributed by atoms with Crippen LogP contribution in [0.25, 0.3) is 0 Å². The number of benzene rings is 3. The van der Waals surface area contributed by atoms with Crippen LogP contribution in [0.2, 0.25) is 10.0 Å². The Labute approximate surface area is 220 Å². The van der Waals surface area contributed by atoms with Crippen molar-refractivity contribution in [2.75, 3.05) is 18.1 Å². The maximum Gasteiger partial charge on any atom is 0.254 e. The van der Waals surface area contributed by atoms with Crippen molar-refractivity contribution >= 4 is 46.3 Å². The van der Waals surface area contributed by atoms with Crippen molar-refractivity contribution in [1.29, 1.82) is 0 Å². The minimum absolute atomic E-state index is 0.0179. The zero-order valence-electron chi connectivity index (χ0n) is 20.1. The number of carbonyl (C=O) groups is 1. The maximum atomic E-state index is 14.2. The fourth-order valence-corrected chi connectivity index (χ4v) is 5.70. The highest BCUT2D eigenvalue weighted by atomic mass is 35.5. The van der Waals surface area contributed by atoms with E-state index in [0.717, 1.165) is 12.8 Å². The van der Waals surface area contributed by atoms with Crippen molar-refractivity contribution in [3.63, 3.8) is 0 Å². The monoisotopic (exact) mass is 523 g/mol. The first-order chi connectivity index (χ1) is 17.3. The lowest BCUT2D eigenvalue weighted by Crippen LogP contribution is -2.66. The van der Waals surface area contributed by atoms with Gasteiger partial charge in [0.15, 0.2) is 5.54 Å². The molecule has 0 radical (unpaired) electrons. The highest BCUT2D eigenvalue weighted by Gasteiger charge is 2.67. The Morgan fingerprint density at radius 2 is 1.81 bits per heavy atom. The summed E-state index contributed by atoms with van der Waals surface area (Å²) in [5.41, 5.74) is -0.459. The van der Waals surface area contributed by atoms with Gasteiger partial charge in [-0.3, -0.25) is 4.79 Å². The first kappa shape index (κ1) is 24.6. The SMILES string of the molecule is CCCCNC(=O)C12c3ccccc3N=C(COc3ccc(Cl)cc3Cl)N1c1ccccc1C2(C)O. The van der Waals surface area contributed by atoms with Gasteiger partial charge in [0, 0.05) is 22.7 Å². The molecule has 3 aromatic rings. The van der Waals surface area contributed by atoms with Crippen LogP contribution in [0.3, 0.4) is 0 Å². The Balaban J connectivity index is 1.67. The number of aliphatic hydroxyl groups is 1. The molecule has 2 atom stereocenters. The van der Waals surface area contributed by atoms with Crippen LogP contribution in [0, 0.1) is 0 Å². The molecule has 186 valence electrons. The number of para-hydroxylation sites is 2. The molecular weight excluding hydrogens is 497 g/mol. The summed E-state index contributed by atoms with van der Waals surface area (Å²) in [4.78, 5) is 20.9. The average Bonchev–Trinajstić information content (AvgIpc) is 3.08. The second kappa shape index (κ2) is 9.43. The van der Waals surface area contributed by atoms with Crippen LogP contribution in [0.5, 0.6) is 5.75 Å². The van der Waals surface area contributed by atoms with Crippen LogP contribution in [0.4, 0.5) is 11.4 Å². The van der Waals surface area contributed by atoms with Crippen molar-refractivity contribution < 1.29 is 14.6 Å². The fourth-order valence-electron chi connectivity index (χ4n) is 5.24. The second-order valence-electron chi connectivity index (χ2n) is 9.15. The van der Waals surface area contributed by atoms with E-state index >= 15 is 0 Å². The molecule has 2 N–H and O–H groups in total. The Morgan fingerprint density at radius 3 is 2.56 bits per heavy atom. The quantitative estimate of drug-likeness (QED) is 0.375. The highest BCUT2D eigenvalue weighted by molar-refractivity contribution is 6.35. The van der Waals surface area contributed by atoms with E-state index in [1.165, 1.54) is 0 Å². The van der Waals surface area contributed by atoms with E-state index in [9.17, 15) is 9.90 Å². The van der Waals surface area contributed by atoms with Gasteiger partial charge in [-0.05, 0) is 43.7 Å². The lowest BCUT2D eigenvalue weighted by atomic mass is 9.72. The number of amidine groups is 1. The molecule has 0 bridgehead atoms. The van der Waals surface area contributed by atoms with Gasteiger partial charge in [0.2, 0.25) is 0 Å². The zero-order valence-corrected chi connectivity index (χ0v) is 21.6. The second-order valence-corrected chi connectivity index (χ2v) is 10.00. The first-order valence-electron chi connectivity index (χ1n) is 12.0. The summed E-state index contributed by atoms with van der Waals surface area (Å²) in [5, 5.41) is 16.2. The normalized spacial score (nSPS) is 21.8. The summed E-state index contributed by atoms with van der Waals surface area (Å²) in [6.07, 6.45) is 1.77. The highest BCUT2D eigenvalue weighted by Crippen LogP contribution is 2.59. The first-order valence-corrected chi connectivity index (χ1v) is 12.7. The van der Waals surface area contributed by atoms with E-state index < -0.39 is 11.1 Å². The third-order valence-corrected chi connectivity index (χ3v) is 7.44. The van der Waals surface area contributed by atoms with E-state index in [1.807, 2.05) is 53.4 Å². The lowest BCUT2D eigenvalue weighted by molar-refractivity contribution is -0.136. The summed E-state index contributed by atoms with van der Waals surface area (Å²) >= 11 is 12.4. The summed E-state index contributed by atoms with van der Waals surface area (Å²) in [5.74, 6) is 0.636. The summed E-state index contributed by atoms with van der Waals surface area (Å²) in [6, 6.07) is 19.9. The third-order valence-electron chi connectivity index (χ3n) is 6.91. The van der Waals surface area contributed by atoms with Crippen molar-refractivity contribution in [2.24, 2.45) is 4.99 Å². The number of halogens is 2. The van der Waals surface area contributed by atoms with Crippen molar-refractivity contribution in [3.05, 3.63) is 87.9 Å². The zero-order chi connectivity index (χ0) is 25.5. The molecule has 8 heteroatoms. The molecule has 0 aliphatic carbocycles. The van der Waals surface area contributed by atoms with Gasteiger partial charge in [-0.1, -0.05) is 72.9 Å². The molecule has 2 aliphatic rings. The molecule has 3 aromatic carbocycles. The molecule has 36 heavy (non-hydrogen) atoms. The number of nitrogens with zero attached hydrogens (tertiary/aromatic N) is 2. The van der Waals surface area contributed by atoms with Gasteiger partial charge in [0.05, 0.1) is 16.4 Å². The van der Waals surface area contributed by atoms with Gasteiger partial charge in [-0.15, -0.1) is 0 Å². The molecule has 0 spiro atoms. The Morgan fingerprint density at radius 1 is 1.08 bits per heavy atom. The number of carbonyl (C=O) groups excluding carboxylic acids is 1. The number of fused-ring (bicyclic) bond motifs is 5. The predicted octanol–water partition coefficient (Wildman–Crippen LogP) is 5.96. The number of nitrogens with one attached hydrogen (secondary N) is 1. The van der Waals surface area contributed by atoms with E-state index in [-0.39, 0.29) is 12.5 Å². The van der Waals surface area contributed by atoms with E-state index in [2.05, 4.69) is 12.2 Å². The molecule has 0 saturated heterocycles. The minimum Gasteiger partial charge on any atom is -0.484 e. The van der Waals surface area contributed by atoms with Gasteiger partial charge >= 0.3 is 0 Å². The molecule has 5 rings (SSSR count). The van der Waals surface area contributed by atoms with E-state index in [4.69, 9.17) is 32.9 Å². The summed E-state index contributed by atoms with van der Waals surface area (Å²) in [6.45, 7) is 4.28. The average molecular weight is 524 g/mol. The summed E-state index contributed by atoms with van der Waals surface area (Å²) < 4.78 is 6.08. The van der Waals surface area contributed by atoms with Crippen molar-refractivity contribution in [1.82, 2.24) is 5.32 Å². The maximum absolute atomic E-state index is 14.2. The number of hydrogen-bond acceptors (Lipinski definition) is 5. The molecule has 2 heterocycles. The molecule has 2 unspecified atom stereocenters. The lowest BCUT2D eigenvalue weighted by Gasteiger charge is -2.47. The molecule has 6 nitrogen and oxygen atoms in total. The van der Waals surface area contributed by atoms with E-state index in [1.54, 1.807) is 25.1 Å². The number of rotatable bonds is 7. The molecule has 0 fully saturated rings. The topological polar surface area (TPSA) is 74.2 Å². The van der Waals surface area contributed by atoms with Crippen molar-refractivity contribution in [2.45, 2.75) is 37.8 Å². The van der Waals surface area contributed by atoms with Gasteiger partial charge in [0.25, 0.3) is 5.91 Å². The van der Waals surface area contributed by atoms with Gasteiger partial charge < -0.3 is 20.1 Å². The van der Waals surface area contributed by atoms with Crippen LogP contribution >= 0.6 is 23.2 Å². The van der Waals surface area contributed by atoms with Crippen LogP contribution < -0.4 is 15.0 Å². The minimum atomic E-state index is -1.56. The van der Waals surface area contributed by atoms with Crippen molar-refractivity contribution in [3.8, 4) is 5.75 Å². The van der Waals surface area contributed by atoms with Gasteiger partial charge in [-0.25, -0.2) is 4.99 Å². The largest absolute Gasteiger partial charge is 0.484 e. The van der Waals surface area contributed by atoms with Crippen LogP contribution in [-0.2, 0) is 15.9 Å². The number of anilines is 1. The number of hydrogen-bond donors (Lipinski definition) is 2. The molecule has 0 aromatic heterocycles. The molecular formula is C28H27Cl2N3O3. The molecule has 0 saturated carbocycles. The smallest absolute Gasteiger partial charge is 0.254 e. The number of amides is 1. The van der Waals surface area contributed by atoms with E-state index in [0.29, 0.717) is 50.7 Å². The standard InChI is InChI=1S/C28H27Cl2N3O3/c1-3-4-15-31-26(34)28-19-9-5-7-11-22(19)32-25(17-36-24-14-13-18(29)16-21(24)30)33(28)23-12-8-6-10-20(23)27(28,2)35/h5-14,16,35H,3-4,15,17H2,1-2H3,(H,31,34). The Kier molecular flexibility index (Phi) is 6.45. The van der Waals surface area contributed by atoms with Crippen LogP contribution in [-0.4, -0.2) is 30.0 Å². The number of aliphatic imine (C=N–C) groups is 1. The summed E-state index contributed by atoms with van der Waals surface area (Å²) in [7, 11) is 0. The van der Waals surface area contributed by atoms with Crippen LogP contribution in [0.1, 0.15) is 37.8 Å². The number of ether oxygens (including phenoxy) is 1. The van der Waals surface area contributed by atoms with Gasteiger partial charge in [0.1, 0.15) is 23.8 Å². The third kappa shape index (κ3) is 3.67.